The minimum atomic E-state index is -3.20. The third-order valence-electron chi connectivity index (χ3n) is 3.86. The molecule has 1 N–H and O–H groups in total. The molecule has 1 heterocycles. The lowest BCUT2D eigenvalue weighted by molar-refractivity contribution is 0.590. The summed E-state index contributed by atoms with van der Waals surface area (Å²) in [6, 6.07) is 8.58. The van der Waals surface area contributed by atoms with Crippen molar-refractivity contribution in [3.63, 3.8) is 0 Å². The largest absolute Gasteiger partial charge is 0.315 e. The van der Waals surface area contributed by atoms with Crippen molar-refractivity contribution in [1.29, 1.82) is 0 Å². The number of rotatable bonds is 7. The third kappa shape index (κ3) is 3.96. The molecule has 6 heteroatoms. The van der Waals surface area contributed by atoms with Gasteiger partial charge in [0.1, 0.15) is 0 Å². The molecule has 5 nitrogen and oxygen atoms in total. The van der Waals surface area contributed by atoms with Crippen molar-refractivity contribution >= 4 is 9.84 Å². The number of aromatic nitrogens is 2. The zero-order valence-electron chi connectivity index (χ0n) is 13.3. The summed E-state index contributed by atoms with van der Waals surface area (Å²) in [5.41, 5.74) is 3.44. The Bertz CT molecular complexity index is 721. The molecule has 1 aromatic heterocycles. The van der Waals surface area contributed by atoms with Gasteiger partial charge in [0.05, 0.1) is 16.3 Å². The first kappa shape index (κ1) is 16.7. The van der Waals surface area contributed by atoms with Gasteiger partial charge in [0, 0.05) is 19.3 Å². The highest BCUT2D eigenvalue weighted by atomic mass is 32.2. The Morgan fingerprint density at radius 2 is 1.82 bits per heavy atom. The van der Waals surface area contributed by atoms with Crippen LogP contribution >= 0.6 is 0 Å². The van der Waals surface area contributed by atoms with E-state index >= 15 is 0 Å². The smallest absolute Gasteiger partial charge is 0.179 e. The Balaban J connectivity index is 1.80. The van der Waals surface area contributed by atoms with Crippen LogP contribution in [0.3, 0.4) is 0 Å². The van der Waals surface area contributed by atoms with Crippen LogP contribution in [-0.2, 0) is 23.3 Å². The molecule has 0 unspecified atom stereocenters. The van der Waals surface area contributed by atoms with Crippen LogP contribution in [0.15, 0.2) is 35.2 Å². The summed E-state index contributed by atoms with van der Waals surface area (Å²) in [5, 5.41) is 7.59. The van der Waals surface area contributed by atoms with Crippen molar-refractivity contribution in [1.82, 2.24) is 15.1 Å². The van der Waals surface area contributed by atoms with Crippen molar-refractivity contribution in [3.05, 3.63) is 47.3 Å². The van der Waals surface area contributed by atoms with Gasteiger partial charge in [0.2, 0.25) is 0 Å². The molecule has 0 aliphatic heterocycles. The lowest BCUT2D eigenvalue weighted by Crippen LogP contribution is -2.25. The van der Waals surface area contributed by atoms with Crippen molar-refractivity contribution in [2.45, 2.75) is 25.2 Å². The van der Waals surface area contributed by atoms with Gasteiger partial charge in [-0.1, -0.05) is 18.2 Å². The van der Waals surface area contributed by atoms with E-state index in [1.807, 2.05) is 24.7 Å². The quantitative estimate of drug-likeness (QED) is 0.788. The van der Waals surface area contributed by atoms with E-state index < -0.39 is 9.84 Å². The number of nitrogens with one attached hydrogen (secondary N) is 1. The molecular weight excluding hydrogens is 298 g/mol. The summed E-state index contributed by atoms with van der Waals surface area (Å²) in [6.45, 7) is 5.25. The van der Waals surface area contributed by atoms with Gasteiger partial charge in [-0.05, 0) is 44.5 Å². The minimum absolute atomic E-state index is 0.113. The monoisotopic (exact) mass is 321 g/mol. The first-order valence-corrected chi connectivity index (χ1v) is 9.04. The molecule has 0 aliphatic rings. The fraction of sp³-hybridized carbons (Fsp3) is 0.438. The summed E-state index contributed by atoms with van der Waals surface area (Å²) < 4.78 is 26.1. The molecule has 120 valence electrons. The topological polar surface area (TPSA) is 64.0 Å². The number of nitrogens with zero attached hydrogens (tertiary/aromatic N) is 2. The highest BCUT2D eigenvalue weighted by Crippen LogP contribution is 2.12. The van der Waals surface area contributed by atoms with E-state index in [1.54, 1.807) is 24.3 Å². The van der Waals surface area contributed by atoms with Crippen LogP contribution in [0.5, 0.6) is 0 Å². The van der Waals surface area contributed by atoms with Gasteiger partial charge in [-0.3, -0.25) is 4.68 Å². The average Bonchev–Trinajstić information content (AvgIpc) is 2.73. The maximum atomic E-state index is 12.1. The first-order valence-electron chi connectivity index (χ1n) is 7.39. The van der Waals surface area contributed by atoms with E-state index in [4.69, 9.17) is 0 Å². The molecule has 0 atom stereocenters. The van der Waals surface area contributed by atoms with Crippen LogP contribution in [0.1, 0.15) is 17.0 Å². The van der Waals surface area contributed by atoms with Crippen LogP contribution in [0, 0.1) is 13.8 Å². The lowest BCUT2D eigenvalue weighted by atomic mass is 10.1. The van der Waals surface area contributed by atoms with E-state index in [2.05, 4.69) is 17.3 Å². The molecule has 22 heavy (non-hydrogen) atoms. The lowest BCUT2D eigenvalue weighted by Gasteiger charge is -2.07. The maximum absolute atomic E-state index is 12.1. The average molecular weight is 321 g/mol. The second kappa shape index (κ2) is 7.07. The second-order valence-corrected chi connectivity index (χ2v) is 7.51. The Labute approximate surface area is 132 Å². The number of benzene rings is 1. The molecule has 0 fully saturated rings. The molecule has 0 aliphatic carbocycles. The van der Waals surface area contributed by atoms with Crippen LogP contribution < -0.4 is 5.32 Å². The maximum Gasteiger partial charge on any atom is 0.179 e. The summed E-state index contributed by atoms with van der Waals surface area (Å²) in [6.07, 6.45) is 0.858. The SMILES string of the molecule is Cc1nn(C)c(C)c1CCNCCS(=O)(=O)c1ccccc1. The van der Waals surface area contributed by atoms with Crippen LogP contribution in [0.4, 0.5) is 0 Å². The summed E-state index contributed by atoms with van der Waals surface area (Å²) in [4.78, 5) is 0.385. The van der Waals surface area contributed by atoms with Gasteiger partial charge < -0.3 is 5.32 Å². The van der Waals surface area contributed by atoms with E-state index in [1.165, 1.54) is 5.56 Å². The van der Waals surface area contributed by atoms with Crippen molar-refractivity contribution in [2.75, 3.05) is 18.8 Å². The molecule has 2 aromatic rings. The fourth-order valence-electron chi connectivity index (χ4n) is 2.47. The van der Waals surface area contributed by atoms with Gasteiger partial charge in [-0.2, -0.15) is 5.10 Å². The van der Waals surface area contributed by atoms with Crippen LogP contribution in [0.2, 0.25) is 0 Å². The number of hydrogen-bond acceptors (Lipinski definition) is 4. The summed E-state index contributed by atoms with van der Waals surface area (Å²) in [5.74, 6) is 0.113. The predicted octanol–water partition coefficient (Wildman–Crippen LogP) is 1.64. The molecule has 1 aromatic carbocycles. The standard InChI is InChI=1S/C16H23N3O2S/c1-13-16(14(2)19(3)18-13)9-10-17-11-12-22(20,21)15-7-5-4-6-8-15/h4-8,17H,9-12H2,1-3H3. The Morgan fingerprint density at radius 3 is 2.41 bits per heavy atom. The number of aryl methyl sites for hydroxylation is 2. The van der Waals surface area contributed by atoms with Crippen molar-refractivity contribution in [2.24, 2.45) is 7.05 Å². The molecule has 0 radical (unpaired) electrons. The molecule has 0 spiro atoms. The zero-order valence-corrected chi connectivity index (χ0v) is 14.2. The van der Waals surface area contributed by atoms with Gasteiger partial charge >= 0.3 is 0 Å². The van der Waals surface area contributed by atoms with Crippen LogP contribution in [0.25, 0.3) is 0 Å². The molecular formula is C16H23N3O2S. The second-order valence-electron chi connectivity index (χ2n) is 5.40. The van der Waals surface area contributed by atoms with Gasteiger partial charge in [-0.25, -0.2) is 8.42 Å². The highest BCUT2D eigenvalue weighted by molar-refractivity contribution is 7.91. The minimum Gasteiger partial charge on any atom is -0.315 e. The Kier molecular flexibility index (Phi) is 5.37. The Morgan fingerprint density at radius 1 is 1.14 bits per heavy atom. The number of sulfone groups is 1. The molecule has 0 amide bonds. The predicted molar refractivity (Wildman–Crippen MR) is 87.8 cm³/mol. The number of hydrogen-bond donors (Lipinski definition) is 1. The Hall–Kier alpha value is -1.66. The highest BCUT2D eigenvalue weighted by Gasteiger charge is 2.13. The van der Waals surface area contributed by atoms with Gasteiger partial charge in [-0.15, -0.1) is 0 Å². The van der Waals surface area contributed by atoms with E-state index in [0.717, 1.165) is 24.4 Å². The van der Waals surface area contributed by atoms with Crippen LogP contribution in [-0.4, -0.2) is 37.0 Å². The summed E-state index contributed by atoms with van der Waals surface area (Å²) in [7, 11) is -1.26. The molecule has 0 saturated heterocycles. The molecule has 2 rings (SSSR count). The van der Waals surface area contributed by atoms with Crippen molar-refractivity contribution < 1.29 is 8.42 Å². The van der Waals surface area contributed by atoms with Crippen molar-refractivity contribution in [3.8, 4) is 0 Å². The first-order chi connectivity index (χ1) is 10.4. The third-order valence-corrected chi connectivity index (χ3v) is 5.59. The van der Waals surface area contributed by atoms with E-state index in [0.29, 0.717) is 11.4 Å². The molecule has 0 bridgehead atoms. The normalized spacial score (nSPS) is 11.8. The van der Waals surface area contributed by atoms with Gasteiger partial charge in [0.15, 0.2) is 9.84 Å². The molecule has 0 saturated carbocycles. The zero-order chi connectivity index (χ0) is 16.2. The van der Waals surface area contributed by atoms with Gasteiger partial charge in [0.25, 0.3) is 0 Å². The van der Waals surface area contributed by atoms with E-state index in [9.17, 15) is 8.42 Å². The summed E-state index contributed by atoms with van der Waals surface area (Å²) >= 11 is 0. The van der Waals surface area contributed by atoms with E-state index in [-0.39, 0.29) is 5.75 Å². The fourth-order valence-corrected chi connectivity index (χ4v) is 3.69.